The van der Waals surface area contributed by atoms with Crippen LogP contribution >= 0.6 is 0 Å². The molecule has 32 heavy (non-hydrogen) atoms. The third kappa shape index (κ3) is 6.17. The van der Waals surface area contributed by atoms with Crippen molar-refractivity contribution in [3.8, 4) is 0 Å². The zero-order chi connectivity index (χ0) is 23.2. The normalized spacial score (nSPS) is 20.4. The first-order valence-electron chi connectivity index (χ1n) is 11.2. The van der Waals surface area contributed by atoms with E-state index in [-0.39, 0.29) is 11.4 Å². The van der Waals surface area contributed by atoms with Crippen LogP contribution in [-0.4, -0.2) is 48.1 Å². The Balaban J connectivity index is 1.92. The summed E-state index contributed by atoms with van der Waals surface area (Å²) < 4.78 is 5.11. The largest absolute Gasteiger partial charge is 0.468 e. The number of rotatable bonds is 7. The van der Waals surface area contributed by atoms with Crippen molar-refractivity contribution in [2.75, 3.05) is 20.2 Å². The molecule has 0 saturated carbocycles. The van der Waals surface area contributed by atoms with Gasteiger partial charge in [0.05, 0.1) is 7.11 Å². The number of esters is 1. The second-order valence-electron chi connectivity index (χ2n) is 9.60. The predicted octanol–water partition coefficient (Wildman–Crippen LogP) is 3.44. The van der Waals surface area contributed by atoms with Gasteiger partial charge in [0.25, 0.3) is 0 Å². The summed E-state index contributed by atoms with van der Waals surface area (Å²) in [5.41, 5.74) is 0.672. The van der Waals surface area contributed by atoms with Gasteiger partial charge in [-0.3, -0.25) is 15.0 Å². The summed E-state index contributed by atoms with van der Waals surface area (Å²) in [4.78, 5) is 28.7. The highest BCUT2D eigenvalue weighted by atomic mass is 16.5. The van der Waals surface area contributed by atoms with Crippen molar-refractivity contribution in [2.45, 2.75) is 57.3 Å². The first-order valence-corrected chi connectivity index (χ1v) is 11.2. The maximum Gasteiger partial charge on any atom is 0.327 e. The lowest BCUT2D eigenvalue weighted by molar-refractivity contribution is -0.145. The molecule has 2 N–H and O–H groups in total. The molecule has 0 bridgehead atoms. The van der Waals surface area contributed by atoms with E-state index in [4.69, 9.17) is 4.74 Å². The van der Waals surface area contributed by atoms with E-state index in [1.165, 1.54) is 12.7 Å². The lowest BCUT2D eigenvalue weighted by atomic mass is 9.85. The lowest BCUT2D eigenvalue weighted by Gasteiger charge is -2.45. The molecule has 2 atom stereocenters. The van der Waals surface area contributed by atoms with Crippen LogP contribution in [0.5, 0.6) is 0 Å². The zero-order valence-corrected chi connectivity index (χ0v) is 19.6. The molecular weight excluding hydrogens is 402 g/mol. The van der Waals surface area contributed by atoms with Crippen LogP contribution in [0.4, 0.5) is 0 Å². The number of piperidine rings is 1. The maximum absolute atomic E-state index is 13.7. The van der Waals surface area contributed by atoms with Crippen molar-refractivity contribution in [1.29, 1.82) is 0 Å². The molecule has 1 saturated heterocycles. The van der Waals surface area contributed by atoms with Crippen LogP contribution in [0.3, 0.4) is 0 Å². The highest BCUT2D eigenvalue weighted by Crippen LogP contribution is 2.28. The number of nitrogens with zero attached hydrogens (tertiary/aromatic N) is 1. The summed E-state index contributed by atoms with van der Waals surface area (Å²) in [7, 11) is 1.38. The summed E-state index contributed by atoms with van der Waals surface area (Å²) in [5.74, 6) is -0.494. The fourth-order valence-electron chi connectivity index (χ4n) is 4.27. The number of carbonyl (C=O) groups excluding carboxylic acids is 2. The second kappa shape index (κ2) is 10.3. The molecule has 6 heteroatoms. The van der Waals surface area contributed by atoms with E-state index < -0.39 is 17.6 Å². The number of amides is 1. The van der Waals surface area contributed by atoms with Crippen LogP contribution in [0.25, 0.3) is 0 Å². The Morgan fingerprint density at radius 3 is 2.28 bits per heavy atom. The topological polar surface area (TPSA) is 70.7 Å². The van der Waals surface area contributed by atoms with Gasteiger partial charge in [-0.05, 0) is 51.3 Å². The van der Waals surface area contributed by atoms with E-state index in [0.717, 1.165) is 25.1 Å². The van der Waals surface area contributed by atoms with Gasteiger partial charge in [-0.1, -0.05) is 60.7 Å². The predicted molar refractivity (Wildman–Crippen MR) is 126 cm³/mol. The Morgan fingerprint density at radius 1 is 1.06 bits per heavy atom. The Kier molecular flexibility index (Phi) is 7.69. The van der Waals surface area contributed by atoms with Crippen molar-refractivity contribution in [3.63, 3.8) is 0 Å². The molecule has 1 aliphatic heterocycles. The lowest BCUT2D eigenvalue weighted by Crippen LogP contribution is -2.67. The van der Waals surface area contributed by atoms with Gasteiger partial charge >= 0.3 is 5.97 Å². The summed E-state index contributed by atoms with van der Waals surface area (Å²) in [6, 6.07) is 19.0. The van der Waals surface area contributed by atoms with E-state index in [1.54, 1.807) is 0 Å². The van der Waals surface area contributed by atoms with E-state index in [1.807, 2.05) is 69.3 Å². The number of methoxy groups -OCH3 is 1. The summed E-state index contributed by atoms with van der Waals surface area (Å²) in [6.07, 6.45) is 1.49. The minimum atomic E-state index is -0.922. The van der Waals surface area contributed by atoms with Gasteiger partial charge in [-0.2, -0.15) is 0 Å². The molecular formula is C26H35N3O3. The van der Waals surface area contributed by atoms with Crippen molar-refractivity contribution in [2.24, 2.45) is 0 Å². The Hall–Kier alpha value is -2.70. The third-order valence-electron chi connectivity index (χ3n) is 5.73. The van der Waals surface area contributed by atoms with E-state index in [0.29, 0.717) is 13.0 Å². The molecule has 1 fully saturated rings. The summed E-state index contributed by atoms with van der Waals surface area (Å²) in [5, 5.41) is 6.59. The van der Waals surface area contributed by atoms with Crippen LogP contribution in [0, 0.1) is 0 Å². The molecule has 6 nitrogen and oxygen atoms in total. The van der Waals surface area contributed by atoms with E-state index >= 15 is 0 Å². The molecule has 1 heterocycles. The highest BCUT2D eigenvalue weighted by molar-refractivity contribution is 5.89. The van der Waals surface area contributed by atoms with Gasteiger partial charge in [0, 0.05) is 18.6 Å². The van der Waals surface area contributed by atoms with Gasteiger partial charge < -0.3 is 10.1 Å². The van der Waals surface area contributed by atoms with Crippen molar-refractivity contribution in [3.05, 3.63) is 71.8 Å². The number of ether oxygens (including phenoxy) is 1. The minimum Gasteiger partial charge on any atom is -0.468 e. The number of benzene rings is 2. The van der Waals surface area contributed by atoms with Crippen LogP contribution < -0.4 is 10.6 Å². The SMILES string of the molecule is COC(=O)[C@@H](NC1(C(=O)NC(C)(C)C)CCCN(Cc2ccccc2)C1)c1ccccc1. The van der Waals surface area contributed by atoms with Crippen LogP contribution in [0.1, 0.15) is 50.8 Å². The molecule has 2 aromatic carbocycles. The van der Waals surface area contributed by atoms with Gasteiger partial charge in [0.2, 0.25) is 5.91 Å². The molecule has 0 radical (unpaired) electrons. The Morgan fingerprint density at radius 2 is 1.69 bits per heavy atom. The van der Waals surface area contributed by atoms with Crippen LogP contribution in [-0.2, 0) is 20.9 Å². The molecule has 1 amide bonds. The average molecular weight is 438 g/mol. The van der Waals surface area contributed by atoms with Crippen LogP contribution in [0.2, 0.25) is 0 Å². The number of nitrogens with one attached hydrogen (secondary N) is 2. The molecule has 1 unspecified atom stereocenters. The quantitative estimate of drug-likeness (QED) is 0.650. The third-order valence-corrected chi connectivity index (χ3v) is 5.73. The first-order chi connectivity index (χ1) is 15.2. The first kappa shape index (κ1) is 24.0. The van der Waals surface area contributed by atoms with Crippen molar-refractivity contribution >= 4 is 11.9 Å². The fourth-order valence-corrected chi connectivity index (χ4v) is 4.27. The van der Waals surface area contributed by atoms with Gasteiger partial charge in [-0.15, -0.1) is 0 Å². The molecule has 0 aliphatic carbocycles. The maximum atomic E-state index is 13.7. The number of likely N-dealkylation sites (tertiary alicyclic amines) is 1. The zero-order valence-electron chi connectivity index (χ0n) is 19.6. The monoisotopic (exact) mass is 437 g/mol. The molecule has 0 spiro atoms. The average Bonchev–Trinajstić information content (AvgIpc) is 2.77. The molecule has 1 aliphatic rings. The number of hydrogen-bond donors (Lipinski definition) is 2. The number of hydrogen-bond acceptors (Lipinski definition) is 5. The Labute approximate surface area is 191 Å². The molecule has 0 aromatic heterocycles. The number of carbonyl (C=O) groups is 2. The summed E-state index contributed by atoms with van der Waals surface area (Å²) in [6.45, 7) is 8.06. The second-order valence-corrected chi connectivity index (χ2v) is 9.60. The fraction of sp³-hybridized carbons (Fsp3) is 0.462. The Bertz CT molecular complexity index is 896. The van der Waals surface area contributed by atoms with Crippen molar-refractivity contribution < 1.29 is 14.3 Å². The van der Waals surface area contributed by atoms with E-state index in [9.17, 15) is 9.59 Å². The summed E-state index contributed by atoms with van der Waals surface area (Å²) >= 11 is 0. The van der Waals surface area contributed by atoms with E-state index in [2.05, 4.69) is 27.7 Å². The van der Waals surface area contributed by atoms with Crippen molar-refractivity contribution in [1.82, 2.24) is 15.5 Å². The minimum absolute atomic E-state index is 0.0902. The standard InChI is InChI=1S/C26H35N3O3/c1-25(2,3)28-24(31)26(27-22(23(30)32-4)21-14-9-6-10-15-21)16-11-17-29(19-26)18-20-12-7-5-8-13-20/h5-10,12-15,22,27H,11,16-19H2,1-4H3,(H,28,31)/t22-,26?/m0/s1. The van der Waals surface area contributed by atoms with Gasteiger partial charge in [-0.25, -0.2) is 4.79 Å². The molecule has 3 rings (SSSR count). The van der Waals surface area contributed by atoms with Crippen LogP contribution in [0.15, 0.2) is 60.7 Å². The molecule has 2 aromatic rings. The molecule has 172 valence electrons. The van der Waals surface area contributed by atoms with Gasteiger partial charge in [0.15, 0.2) is 0 Å². The smallest absolute Gasteiger partial charge is 0.327 e. The highest BCUT2D eigenvalue weighted by Gasteiger charge is 2.46. The van der Waals surface area contributed by atoms with Gasteiger partial charge in [0.1, 0.15) is 11.6 Å².